The second-order valence-corrected chi connectivity index (χ2v) is 5.13. The van der Waals surface area contributed by atoms with Gasteiger partial charge in [-0.2, -0.15) is 0 Å². The summed E-state index contributed by atoms with van der Waals surface area (Å²) in [5, 5.41) is 4.88. The first kappa shape index (κ1) is 14.6. The second-order valence-electron chi connectivity index (χ2n) is 4.31. The van der Waals surface area contributed by atoms with Crippen molar-refractivity contribution in [3.63, 3.8) is 0 Å². The van der Waals surface area contributed by atoms with E-state index in [0.29, 0.717) is 10.0 Å². The number of nitrogens with one attached hydrogen (secondary N) is 1. The van der Waals surface area contributed by atoms with Crippen LogP contribution in [0.15, 0.2) is 29.8 Å². The first-order valence-electron chi connectivity index (χ1n) is 5.88. The van der Waals surface area contributed by atoms with E-state index in [-0.39, 0.29) is 6.04 Å². The van der Waals surface area contributed by atoms with Crippen molar-refractivity contribution >= 4 is 23.2 Å². The van der Waals surface area contributed by atoms with E-state index >= 15 is 0 Å². The first-order chi connectivity index (χ1) is 8.06. The molecule has 0 spiro atoms. The highest BCUT2D eigenvalue weighted by molar-refractivity contribution is 6.36. The van der Waals surface area contributed by atoms with Gasteiger partial charge in [0, 0.05) is 15.6 Å². The lowest BCUT2D eigenvalue weighted by Gasteiger charge is -2.18. The highest BCUT2D eigenvalue weighted by Gasteiger charge is 2.14. The maximum absolute atomic E-state index is 6.23. The van der Waals surface area contributed by atoms with Crippen LogP contribution in [-0.2, 0) is 0 Å². The van der Waals surface area contributed by atoms with E-state index in [2.05, 4.69) is 32.2 Å². The molecule has 1 aromatic rings. The Labute approximate surface area is 114 Å². The molecule has 17 heavy (non-hydrogen) atoms. The highest BCUT2D eigenvalue weighted by atomic mass is 35.5. The van der Waals surface area contributed by atoms with E-state index in [9.17, 15) is 0 Å². The molecule has 0 saturated heterocycles. The summed E-state index contributed by atoms with van der Waals surface area (Å²) < 4.78 is 0. The number of allylic oxidation sites excluding steroid dienone is 1. The lowest BCUT2D eigenvalue weighted by molar-refractivity contribution is 0.610. The fourth-order valence-corrected chi connectivity index (χ4v) is 2.32. The van der Waals surface area contributed by atoms with Crippen molar-refractivity contribution in [1.29, 1.82) is 0 Å². The molecule has 0 bridgehead atoms. The minimum absolute atomic E-state index is 0.0844. The van der Waals surface area contributed by atoms with Crippen LogP contribution in [0.2, 0.25) is 10.0 Å². The van der Waals surface area contributed by atoms with Crippen LogP contribution < -0.4 is 5.32 Å². The van der Waals surface area contributed by atoms with Crippen LogP contribution >= 0.6 is 23.2 Å². The summed E-state index contributed by atoms with van der Waals surface area (Å²) in [6.45, 7) is 7.23. The summed E-state index contributed by atoms with van der Waals surface area (Å²) in [5.41, 5.74) is 2.21. The van der Waals surface area contributed by atoms with Crippen LogP contribution in [-0.4, -0.2) is 6.54 Å². The van der Waals surface area contributed by atoms with Gasteiger partial charge in [-0.3, -0.25) is 0 Å². The molecule has 0 saturated carbocycles. The number of hydrogen-bond acceptors (Lipinski definition) is 1. The van der Waals surface area contributed by atoms with Crippen molar-refractivity contribution in [1.82, 2.24) is 5.32 Å². The zero-order valence-electron chi connectivity index (χ0n) is 10.6. The van der Waals surface area contributed by atoms with Gasteiger partial charge < -0.3 is 5.32 Å². The van der Waals surface area contributed by atoms with Crippen molar-refractivity contribution in [2.24, 2.45) is 0 Å². The van der Waals surface area contributed by atoms with E-state index in [0.717, 1.165) is 18.5 Å². The molecule has 0 aliphatic carbocycles. The Bertz CT molecular complexity index is 375. The minimum Gasteiger partial charge on any atom is -0.307 e. The van der Waals surface area contributed by atoms with Gasteiger partial charge in [-0.25, -0.2) is 0 Å². The molecule has 1 N–H and O–H groups in total. The average molecular weight is 272 g/mol. The molecule has 0 radical (unpaired) electrons. The van der Waals surface area contributed by atoms with Crippen LogP contribution in [0.1, 0.15) is 38.8 Å². The van der Waals surface area contributed by atoms with E-state index in [1.807, 2.05) is 18.2 Å². The van der Waals surface area contributed by atoms with E-state index < -0.39 is 0 Å². The number of rotatable bonds is 5. The Kier molecular flexibility index (Phi) is 6.04. The Morgan fingerprint density at radius 2 is 1.88 bits per heavy atom. The zero-order valence-corrected chi connectivity index (χ0v) is 12.1. The molecule has 0 amide bonds. The van der Waals surface area contributed by atoms with E-state index in [4.69, 9.17) is 23.2 Å². The van der Waals surface area contributed by atoms with Gasteiger partial charge in [-0.05, 0) is 38.9 Å². The summed E-state index contributed by atoms with van der Waals surface area (Å²) in [6.07, 6.45) is 3.23. The van der Waals surface area contributed by atoms with E-state index in [1.165, 1.54) is 5.57 Å². The molecule has 0 fully saturated rings. The Morgan fingerprint density at radius 3 is 2.35 bits per heavy atom. The Balaban J connectivity index is 3.08. The molecular weight excluding hydrogens is 253 g/mol. The predicted molar refractivity (Wildman–Crippen MR) is 76.9 cm³/mol. The molecule has 3 heteroatoms. The summed E-state index contributed by atoms with van der Waals surface area (Å²) in [7, 11) is 0. The third-order valence-corrected chi connectivity index (χ3v) is 3.08. The van der Waals surface area contributed by atoms with Gasteiger partial charge in [0.05, 0.1) is 6.04 Å². The first-order valence-corrected chi connectivity index (χ1v) is 6.64. The summed E-state index contributed by atoms with van der Waals surface area (Å²) >= 11 is 12.5. The molecule has 94 valence electrons. The maximum Gasteiger partial charge on any atom is 0.0538 e. The zero-order chi connectivity index (χ0) is 12.8. The monoisotopic (exact) mass is 271 g/mol. The third kappa shape index (κ3) is 4.34. The van der Waals surface area contributed by atoms with Crippen molar-refractivity contribution in [3.8, 4) is 0 Å². The molecule has 1 aromatic carbocycles. The van der Waals surface area contributed by atoms with Gasteiger partial charge in [0.2, 0.25) is 0 Å². The fourth-order valence-electron chi connectivity index (χ4n) is 1.69. The molecule has 1 atom stereocenters. The Hall–Kier alpha value is -0.500. The summed E-state index contributed by atoms with van der Waals surface area (Å²) in [6, 6.07) is 5.71. The topological polar surface area (TPSA) is 12.0 Å². The van der Waals surface area contributed by atoms with Gasteiger partial charge in [0.1, 0.15) is 0 Å². The lowest BCUT2D eigenvalue weighted by atomic mass is 10.0. The highest BCUT2D eigenvalue weighted by Crippen LogP contribution is 2.31. The standard InChI is InChI=1S/C14H19Cl2N/c1-4-8-17-13(9-10(2)3)14-11(15)6-5-7-12(14)16/h5-7,9,13,17H,4,8H2,1-3H3. The van der Waals surface area contributed by atoms with Gasteiger partial charge in [-0.15, -0.1) is 0 Å². The molecule has 1 nitrogen and oxygen atoms in total. The van der Waals surface area contributed by atoms with Crippen LogP contribution in [0.4, 0.5) is 0 Å². The quantitative estimate of drug-likeness (QED) is 0.744. The van der Waals surface area contributed by atoms with Crippen molar-refractivity contribution in [2.75, 3.05) is 6.54 Å². The number of halogens is 2. The largest absolute Gasteiger partial charge is 0.307 e. The van der Waals surface area contributed by atoms with Gasteiger partial charge >= 0.3 is 0 Å². The molecule has 0 aliphatic rings. The number of benzene rings is 1. The molecular formula is C14H19Cl2N. The maximum atomic E-state index is 6.23. The van der Waals surface area contributed by atoms with E-state index in [1.54, 1.807) is 0 Å². The van der Waals surface area contributed by atoms with Crippen LogP contribution in [0.5, 0.6) is 0 Å². The summed E-state index contributed by atoms with van der Waals surface area (Å²) in [5.74, 6) is 0. The van der Waals surface area contributed by atoms with Crippen LogP contribution in [0.3, 0.4) is 0 Å². The smallest absolute Gasteiger partial charge is 0.0538 e. The normalized spacial score (nSPS) is 12.3. The van der Waals surface area contributed by atoms with Crippen molar-refractivity contribution in [3.05, 3.63) is 45.5 Å². The fraction of sp³-hybridized carbons (Fsp3) is 0.429. The Morgan fingerprint density at radius 1 is 1.29 bits per heavy atom. The van der Waals surface area contributed by atoms with Gasteiger partial charge in [-0.1, -0.05) is 47.8 Å². The SMILES string of the molecule is CCCNC(C=C(C)C)c1c(Cl)cccc1Cl. The minimum atomic E-state index is 0.0844. The number of hydrogen-bond donors (Lipinski definition) is 1. The molecule has 1 rings (SSSR count). The molecule has 0 heterocycles. The third-order valence-electron chi connectivity index (χ3n) is 2.42. The lowest BCUT2D eigenvalue weighted by Crippen LogP contribution is -2.21. The van der Waals surface area contributed by atoms with Gasteiger partial charge in [0.25, 0.3) is 0 Å². The average Bonchev–Trinajstić information content (AvgIpc) is 2.24. The second kappa shape index (κ2) is 7.05. The predicted octanol–water partition coefficient (Wildman–Crippen LogP) is 5.00. The summed E-state index contributed by atoms with van der Waals surface area (Å²) in [4.78, 5) is 0. The molecule has 0 aromatic heterocycles. The van der Waals surface area contributed by atoms with Crippen molar-refractivity contribution in [2.45, 2.75) is 33.2 Å². The van der Waals surface area contributed by atoms with Crippen molar-refractivity contribution < 1.29 is 0 Å². The van der Waals surface area contributed by atoms with Crippen LogP contribution in [0.25, 0.3) is 0 Å². The van der Waals surface area contributed by atoms with Gasteiger partial charge in [0.15, 0.2) is 0 Å². The van der Waals surface area contributed by atoms with Crippen LogP contribution in [0, 0.1) is 0 Å². The molecule has 0 aliphatic heterocycles. The molecule has 1 unspecified atom stereocenters.